The molecule has 0 saturated heterocycles. The van der Waals surface area contributed by atoms with Gasteiger partial charge in [-0.15, -0.1) is 0 Å². The van der Waals surface area contributed by atoms with Crippen molar-refractivity contribution in [2.45, 2.75) is 32.9 Å². The van der Waals surface area contributed by atoms with Crippen molar-refractivity contribution in [3.05, 3.63) is 40.3 Å². The SMILES string of the molecule is CC(C)(C)NCc1ccnc(-c2ncc(Cl)cc2Cl)n1. The van der Waals surface area contributed by atoms with Gasteiger partial charge in [-0.25, -0.2) is 15.0 Å². The van der Waals surface area contributed by atoms with Crippen molar-refractivity contribution in [1.82, 2.24) is 20.3 Å². The number of nitrogens with one attached hydrogen (secondary N) is 1. The number of nitrogens with zero attached hydrogens (tertiary/aromatic N) is 3. The van der Waals surface area contributed by atoms with E-state index in [4.69, 9.17) is 23.2 Å². The minimum absolute atomic E-state index is 0.0290. The highest BCUT2D eigenvalue weighted by Crippen LogP contribution is 2.25. The molecule has 0 aliphatic heterocycles. The van der Waals surface area contributed by atoms with Crippen LogP contribution in [0.25, 0.3) is 11.5 Å². The summed E-state index contributed by atoms with van der Waals surface area (Å²) in [5.41, 5.74) is 1.45. The van der Waals surface area contributed by atoms with Crippen LogP contribution >= 0.6 is 23.2 Å². The molecule has 0 bridgehead atoms. The zero-order valence-electron chi connectivity index (χ0n) is 11.6. The number of hydrogen-bond acceptors (Lipinski definition) is 4. The first kappa shape index (κ1) is 15.2. The first-order valence-corrected chi connectivity index (χ1v) is 6.99. The predicted molar refractivity (Wildman–Crippen MR) is 81.9 cm³/mol. The lowest BCUT2D eigenvalue weighted by Gasteiger charge is -2.20. The van der Waals surface area contributed by atoms with Crippen LogP contribution in [0.5, 0.6) is 0 Å². The Morgan fingerprint density at radius 1 is 1.20 bits per heavy atom. The van der Waals surface area contributed by atoms with Gasteiger partial charge in [0.15, 0.2) is 5.82 Å². The molecule has 0 aliphatic carbocycles. The quantitative estimate of drug-likeness (QED) is 0.938. The maximum atomic E-state index is 6.12. The van der Waals surface area contributed by atoms with Crippen LogP contribution in [0.2, 0.25) is 10.0 Å². The molecule has 20 heavy (non-hydrogen) atoms. The van der Waals surface area contributed by atoms with Gasteiger partial charge < -0.3 is 5.32 Å². The van der Waals surface area contributed by atoms with Crippen molar-refractivity contribution >= 4 is 23.2 Å². The third-order valence-corrected chi connectivity index (χ3v) is 3.03. The number of hydrogen-bond donors (Lipinski definition) is 1. The Balaban J connectivity index is 2.25. The fourth-order valence-electron chi connectivity index (χ4n) is 1.54. The highest BCUT2D eigenvalue weighted by atomic mass is 35.5. The molecule has 6 heteroatoms. The summed E-state index contributed by atoms with van der Waals surface area (Å²) in [4.78, 5) is 12.9. The van der Waals surface area contributed by atoms with Crippen molar-refractivity contribution in [1.29, 1.82) is 0 Å². The van der Waals surface area contributed by atoms with Crippen LogP contribution in [0, 0.1) is 0 Å². The van der Waals surface area contributed by atoms with Gasteiger partial charge in [-0.3, -0.25) is 0 Å². The van der Waals surface area contributed by atoms with Gasteiger partial charge in [0.2, 0.25) is 0 Å². The molecular weight excluding hydrogens is 295 g/mol. The van der Waals surface area contributed by atoms with Crippen molar-refractivity contribution < 1.29 is 0 Å². The molecular formula is C14H16Cl2N4. The summed E-state index contributed by atoms with van der Waals surface area (Å²) in [5.74, 6) is 0.500. The molecule has 0 saturated carbocycles. The Kier molecular flexibility index (Phi) is 4.58. The third kappa shape index (κ3) is 4.13. The zero-order valence-corrected chi connectivity index (χ0v) is 13.1. The molecule has 0 spiro atoms. The molecule has 1 N–H and O–H groups in total. The van der Waals surface area contributed by atoms with E-state index in [0.29, 0.717) is 28.1 Å². The summed E-state index contributed by atoms with van der Waals surface area (Å²) < 4.78 is 0. The molecule has 0 aromatic carbocycles. The molecule has 4 nitrogen and oxygen atoms in total. The van der Waals surface area contributed by atoms with Crippen LogP contribution in [0.15, 0.2) is 24.5 Å². The Morgan fingerprint density at radius 2 is 1.95 bits per heavy atom. The predicted octanol–water partition coefficient (Wildman–Crippen LogP) is 3.73. The molecule has 0 radical (unpaired) electrons. The van der Waals surface area contributed by atoms with Crippen molar-refractivity contribution in [3.8, 4) is 11.5 Å². The second kappa shape index (κ2) is 6.04. The van der Waals surface area contributed by atoms with E-state index < -0.39 is 0 Å². The van der Waals surface area contributed by atoms with Gasteiger partial charge >= 0.3 is 0 Å². The van der Waals surface area contributed by atoms with Gasteiger partial charge in [0.25, 0.3) is 0 Å². The Hall–Kier alpha value is -1.23. The van der Waals surface area contributed by atoms with Gasteiger partial charge in [0.05, 0.1) is 15.7 Å². The molecule has 2 rings (SSSR count). The first-order valence-electron chi connectivity index (χ1n) is 6.23. The number of pyridine rings is 1. The summed E-state index contributed by atoms with van der Waals surface area (Å²) in [6, 6.07) is 3.50. The van der Waals surface area contributed by atoms with E-state index >= 15 is 0 Å². The van der Waals surface area contributed by atoms with Crippen LogP contribution in [0.1, 0.15) is 26.5 Å². The smallest absolute Gasteiger partial charge is 0.179 e. The standard InChI is InChI=1S/C14H16Cl2N4/c1-14(2,3)19-8-10-4-5-17-13(20-10)12-11(16)6-9(15)7-18-12/h4-7,19H,8H2,1-3H3. The largest absolute Gasteiger partial charge is 0.306 e. The Morgan fingerprint density at radius 3 is 2.60 bits per heavy atom. The molecule has 2 aromatic heterocycles. The maximum Gasteiger partial charge on any atom is 0.179 e. The molecule has 0 fully saturated rings. The van der Waals surface area contributed by atoms with E-state index in [0.717, 1.165) is 5.69 Å². The van der Waals surface area contributed by atoms with Crippen LogP contribution in [-0.2, 0) is 6.54 Å². The van der Waals surface area contributed by atoms with Crippen LogP contribution in [0.3, 0.4) is 0 Å². The van der Waals surface area contributed by atoms with Gasteiger partial charge in [0, 0.05) is 24.5 Å². The fourth-order valence-corrected chi connectivity index (χ4v) is 2.01. The highest BCUT2D eigenvalue weighted by Gasteiger charge is 2.12. The summed E-state index contributed by atoms with van der Waals surface area (Å²) in [7, 11) is 0. The lowest BCUT2D eigenvalue weighted by atomic mass is 10.1. The monoisotopic (exact) mass is 310 g/mol. The lowest BCUT2D eigenvalue weighted by molar-refractivity contribution is 0.421. The fraction of sp³-hybridized carbons (Fsp3) is 0.357. The molecule has 0 aliphatic rings. The second-order valence-corrected chi connectivity index (χ2v) is 6.30. The van der Waals surface area contributed by atoms with E-state index in [1.54, 1.807) is 12.3 Å². The molecule has 0 atom stereocenters. The van der Waals surface area contributed by atoms with Crippen LogP contribution < -0.4 is 5.32 Å². The Labute approximate surface area is 128 Å². The van der Waals surface area contributed by atoms with Gasteiger partial charge in [-0.05, 0) is 32.9 Å². The Bertz CT molecular complexity index is 608. The average molecular weight is 311 g/mol. The number of rotatable bonds is 3. The molecule has 106 valence electrons. The molecule has 2 heterocycles. The number of aromatic nitrogens is 3. The summed E-state index contributed by atoms with van der Waals surface area (Å²) in [6.45, 7) is 6.97. The van der Waals surface area contributed by atoms with E-state index in [1.807, 2.05) is 6.07 Å². The van der Waals surface area contributed by atoms with Crippen molar-refractivity contribution in [2.75, 3.05) is 0 Å². The van der Waals surface area contributed by atoms with Gasteiger partial charge in [0.1, 0.15) is 5.69 Å². The lowest BCUT2D eigenvalue weighted by Crippen LogP contribution is -2.35. The summed E-state index contributed by atoms with van der Waals surface area (Å²) in [6.07, 6.45) is 3.24. The summed E-state index contributed by atoms with van der Waals surface area (Å²) in [5, 5.41) is 4.31. The number of halogens is 2. The van der Waals surface area contributed by atoms with Crippen LogP contribution in [-0.4, -0.2) is 20.5 Å². The molecule has 0 unspecified atom stereocenters. The molecule has 2 aromatic rings. The minimum atomic E-state index is 0.0290. The van der Waals surface area contributed by atoms with E-state index in [-0.39, 0.29) is 5.54 Å². The van der Waals surface area contributed by atoms with E-state index in [1.165, 1.54) is 6.20 Å². The van der Waals surface area contributed by atoms with Crippen LogP contribution in [0.4, 0.5) is 0 Å². The van der Waals surface area contributed by atoms with Crippen molar-refractivity contribution in [2.24, 2.45) is 0 Å². The first-order chi connectivity index (χ1) is 9.35. The normalized spacial score (nSPS) is 11.7. The van der Waals surface area contributed by atoms with E-state index in [2.05, 4.69) is 41.0 Å². The topological polar surface area (TPSA) is 50.7 Å². The third-order valence-electron chi connectivity index (χ3n) is 2.53. The van der Waals surface area contributed by atoms with Gasteiger partial charge in [-0.1, -0.05) is 23.2 Å². The molecule has 0 amide bonds. The summed E-state index contributed by atoms with van der Waals surface area (Å²) >= 11 is 12.0. The zero-order chi connectivity index (χ0) is 14.8. The van der Waals surface area contributed by atoms with Gasteiger partial charge in [-0.2, -0.15) is 0 Å². The minimum Gasteiger partial charge on any atom is -0.306 e. The maximum absolute atomic E-state index is 6.12. The second-order valence-electron chi connectivity index (χ2n) is 5.46. The van der Waals surface area contributed by atoms with E-state index in [9.17, 15) is 0 Å². The van der Waals surface area contributed by atoms with Crippen molar-refractivity contribution in [3.63, 3.8) is 0 Å². The highest BCUT2D eigenvalue weighted by molar-refractivity contribution is 6.35. The average Bonchev–Trinajstić information content (AvgIpc) is 2.36.